The van der Waals surface area contributed by atoms with Gasteiger partial charge in [-0.05, 0) is 5.56 Å². The van der Waals surface area contributed by atoms with E-state index in [1.165, 1.54) is 0 Å². The summed E-state index contributed by atoms with van der Waals surface area (Å²) < 4.78 is 26.0. The van der Waals surface area contributed by atoms with Crippen molar-refractivity contribution in [3.63, 3.8) is 0 Å². The third kappa shape index (κ3) is 3.66. The predicted molar refractivity (Wildman–Crippen MR) is 74.3 cm³/mol. The molecule has 2 rings (SSSR count). The molecule has 0 bridgehead atoms. The van der Waals surface area contributed by atoms with Crippen LogP contribution in [0.4, 0.5) is 0 Å². The zero-order valence-corrected chi connectivity index (χ0v) is 11.6. The van der Waals surface area contributed by atoms with Crippen LogP contribution in [-0.2, 0) is 10.0 Å². The van der Waals surface area contributed by atoms with Crippen LogP contribution in [0, 0.1) is 0 Å². The van der Waals surface area contributed by atoms with Crippen LogP contribution in [-0.4, -0.2) is 30.0 Å². The van der Waals surface area contributed by atoms with Gasteiger partial charge in [-0.25, -0.2) is 17.9 Å². The lowest BCUT2D eigenvalue weighted by Gasteiger charge is -2.12. The molecule has 1 aromatic heterocycles. The monoisotopic (exact) mass is 311 g/mol. The largest absolute Gasteiger partial charge is 0.387 e. The number of hydrogen-bond donors (Lipinski definition) is 4. The van der Waals surface area contributed by atoms with Gasteiger partial charge in [0.25, 0.3) is 5.56 Å². The van der Waals surface area contributed by atoms with Gasteiger partial charge in [-0.1, -0.05) is 30.3 Å². The Kier molecular flexibility index (Phi) is 4.36. The summed E-state index contributed by atoms with van der Waals surface area (Å²) in [5.74, 6) is 0. The van der Waals surface area contributed by atoms with Crippen molar-refractivity contribution < 1.29 is 13.5 Å². The highest BCUT2D eigenvalue weighted by molar-refractivity contribution is 7.89. The number of rotatable bonds is 5. The van der Waals surface area contributed by atoms with E-state index in [0.29, 0.717) is 5.56 Å². The van der Waals surface area contributed by atoms with E-state index in [1.807, 2.05) is 4.98 Å². The molecule has 0 saturated carbocycles. The second kappa shape index (κ2) is 6.04. The normalized spacial score (nSPS) is 13.0. The van der Waals surface area contributed by atoms with Gasteiger partial charge in [-0.15, -0.1) is 0 Å². The molecule has 9 heteroatoms. The third-order valence-corrected chi connectivity index (χ3v) is 4.15. The molecular formula is C12H13N3O5S. The predicted octanol–water partition coefficient (Wildman–Crippen LogP) is -0.925. The molecule has 1 atom stereocenters. The summed E-state index contributed by atoms with van der Waals surface area (Å²) in [6.45, 7) is -0.301. The summed E-state index contributed by atoms with van der Waals surface area (Å²) in [7, 11) is -4.13. The molecule has 1 unspecified atom stereocenters. The van der Waals surface area contributed by atoms with Crippen LogP contribution in [0.1, 0.15) is 11.7 Å². The number of aromatic amines is 2. The molecule has 8 nitrogen and oxygen atoms in total. The number of benzene rings is 1. The van der Waals surface area contributed by atoms with Crippen molar-refractivity contribution in [1.82, 2.24) is 14.7 Å². The number of aromatic nitrogens is 2. The summed E-state index contributed by atoms with van der Waals surface area (Å²) in [6, 6.07) is 8.47. The molecule has 0 saturated heterocycles. The Morgan fingerprint density at radius 2 is 1.86 bits per heavy atom. The van der Waals surface area contributed by atoms with Gasteiger partial charge in [0.2, 0.25) is 10.0 Å². The maximum absolute atomic E-state index is 11.9. The minimum atomic E-state index is -4.13. The van der Waals surface area contributed by atoms with E-state index >= 15 is 0 Å². The van der Waals surface area contributed by atoms with Crippen molar-refractivity contribution >= 4 is 10.0 Å². The van der Waals surface area contributed by atoms with Crippen LogP contribution in [0.5, 0.6) is 0 Å². The summed E-state index contributed by atoms with van der Waals surface area (Å²) in [5.41, 5.74) is -1.29. The topological polar surface area (TPSA) is 132 Å². The average Bonchev–Trinajstić information content (AvgIpc) is 2.45. The summed E-state index contributed by atoms with van der Waals surface area (Å²) in [6.07, 6.45) is -0.249. The highest BCUT2D eigenvalue weighted by Gasteiger charge is 2.20. The second-order valence-electron chi connectivity index (χ2n) is 4.21. The van der Waals surface area contributed by atoms with Gasteiger partial charge in [-0.3, -0.25) is 9.78 Å². The van der Waals surface area contributed by atoms with E-state index in [2.05, 4.69) is 9.71 Å². The lowest BCUT2D eigenvalue weighted by Crippen LogP contribution is -2.35. The number of sulfonamides is 1. The Labute approximate surface area is 119 Å². The Morgan fingerprint density at radius 3 is 2.48 bits per heavy atom. The number of aliphatic hydroxyl groups is 1. The molecule has 1 aromatic carbocycles. The van der Waals surface area contributed by atoms with Crippen molar-refractivity contribution in [2.45, 2.75) is 11.0 Å². The fourth-order valence-electron chi connectivity index (χ4n) is 1.66. The van der Waals surface area contributed by atoms with Gasteiger partial charge in [0, 0.05) is 12.7 Å². The van der Waals surface area contributed by atoms with Crippen LogP contribution in [0.2, 0.25) is 0 Å². The quantitative estimate of drug-likeness (QED) is 0.566. The molecule has 112 valence electrons. The van der Waals surface area contributed by atoms with Gasteiger partial charge in [0.05, 0.1) is 6.10 Å². The third-order valence-electron chi connectivity index (χ3n) is 2.73. The Morgan fingerprint density at radius 1 is 1.19 bits per heavy atom. The molecule has 0 aliphatic heterocycles. The second-order valence-corrected chi connectivity index (χ2v) is 5.95. The molecule has 0 fully saturated rings. The molecule has 0 aliphatic rings. The molecule has 0 radical (unpaired) electrons. The summed E-state index contributed by atoms with van der Waals surface area (Å²) in [5, 5.41) is 9.87. The molecular weight excluding hydrogens is 298 g/mol. The van der Waals surface area contributed by atoms with Crippen LogP contribution in [0.15, 0.2) is 51.0 Å². The maximum Gasteiger partial charge on any atom is 0.325 e. The first-order valence-electron chi connectivity index (χ1n) is 5.95. The van der Waals surface area contributed by atoms with Crippen molar-refractivity contribution in [3.8, 4) is 0 Å². The first-order valence-corrected chi connectivity index (χ1v) is 7.43. The minimum Gasteiger partial charge on any atom is -0.387 e. The van der Waals surface area contributed by atoms with Crippen LogP contribution in [0.25, 0.3) is 0 Å². The van der Waals surface area contributed by atoms with Gasteiger partial charge in [0.1, 0.15) is 0 Å². The first kappa shape index (κ1) is 15.2. The van der Waals surface area contributed by atoms with Crippen molar-refractivity contribution in [2.24, 2.45) is 0 Å². The van der Waals surface area contributed by atoms with Gasteiger partial charge in [0.15, 0.2) is 4.90 Å². The Bertz CT molecular complexity index is 826. The number of H-pyrrole nitrogens is 2. The number of hydrogen-bond acceptors (Lipinski definition) is 5. The van der Waals surface area contributed by atoms with Gasteiger partial charge >= 0.3 is 5.69 Å². The molecule has 0 aliphatic carbocycles. The average molecular weight is 311 g/mol. The van der Waals surface area contributed by atoms with E-state index in [0.717, 1.165) is 6.20 Å². The molecule has 4 N–H and O–H groups in total. The van der Waals surface area contributed by atoms with Gasteiger partial charge in [-0.2, -0.15) is 0 Å². The maximum atomic E-state index is 11.9. The van der Waals surface area contributed by atoms with E-state index in [9.17, 15) is 23.1 Å². The first-order chi connectivity index (χ1) is 9.90. The van der Waals surface area contributed by atoms with Crippen molar-refractivity contribution in [1.29, 1.82) is 0 Å². The lowest BCUT2D eigenvalue weighted by molar-refractivity contribution is 0.182. The zero-order valence-electron chi connectivity index (χ0n) is 10.7. The Balaban J connectivity index is 2.15. The molecule has 0 amide bonds. The molecule has 2 aromatic rings. The summed E-state index contributed by atoms with van der Waals surface area (Å²) in [4.78, 5) is 25.6. The fourth-order valence-corrected chi connectivity index (χ4v) is 2.70. The highest BCUT2D eigenvalue weighted by atomic mass is 32.2. The van der Waals surface area contributed by atoms with E-state index in [-0.39, 0.29) is 6.54 Å². The lowest BCUT2D eigenvalue weighted by atomic mass is 10.1. The van der Waals surface area contributed by atoms with Crippen LogP contribution < -0.4 is 16.0 Å². The standard InChI is InChI=1S/C12H13N3O5S/c16-9(8-4-2-1-3-5-8)6-14-21(19,20)10-7-13-12(18)15-11(10)17/h1-5,7,9,14,16H,6H2,(H2,13,15,17,18). The van der Waals surface area contributed by atoms with E-state index < -0.39 is 32.3 Å². The molecule has 21 heavy (non-hydrogen) atoms. The van der Waals surface area contributed by atoms with Crippen molar-refractivity contribution in [2.75, 3.05) is 6.54 Å². The molecule has 1 heterocycles. The van der Waals surface area contributed by atoms with E-state index in [4.69, 9.17) is 0 Å². The van der Waals surface area contributed by atoms with E-state index in [1.54, 1.807) is 30.3 Å². The van der Waals surface area contributed by atoms with Gasteiger partial charge < -0.3 is 10.1 Å². The summed E-state index contributed by atoms with van der Waals surface area (Å²) >= 11 is 0. The van der Waals surface area contributed by atoms with Crippen LogP contribution in [0.3, 0.4) is 0 Å². The van der Waals surface area contributed by atoms with Crippen molar-refractivity contribution in [3.05, 3.63) is 62.9 Å². The molecule has 0 spiro atoms. The Hall–Kier alpha value is -2.23. The minimum absolute atomic E-state index is 0.301. The number of nitrogens with one attached hydrogen (secondary N) is 3. The number of aliphatic hydroxyl groups excluding tert-OH is 1. The smallest absolute Gasteiger partial charge is 0.325 e. The zero-order chi connectivity index (χ0) is 15.5. The highest BCUT2D eigenvalue weighted by Crippen LogP contribution is 2.11. The SMILES string of the molecule is O=c1[nH]cc(S(=O)(=O)NCC(O)c2ccccc2)c(=O)[nH]1. The van der Waals surface area contributed by atoms with Crippen LogP contribution >= 0.6 is 0 Å². The fraction of sp³-hybridized carbons (Fsp3) is 0.167.